The van der Waals surface area contributed by atoms with Gasteiger partial charge in [0.15, 0.2) is 11.6 Å². The molecule has 10 nitrogen and oxygen atoms in total. The summed E-state index contributed by atoms with van der Waals surface area (Å²) in [5.74, 6) is -0.0312. The number of amides is 1. The van der Waals surface area contributed by atoms with Crippen LogP contribution in [0.25, 0.3) is 10.4 Å². The fourth-order valence-electron chi connectivity index (χ4n) is 5.00. The third kappa shape index (κ3) is 7.04. The van der Waals surface area contributed by atoms with Gasteiger partial charge in [0.1, 0.15) is 11.6 Å². The number of azide groups is 1. The predicted molar refractivity (Wildman–Crippen MR) is 164 cm³/mol. The van der Waals surface area contributed by atoms with Crippen LogP contribution in [-0.2, 0) is 22.5 Å². The maximum atomic E-state index is 14.3. The molecule has 1 amide bonds. The standard InChI is InChI=1S/C33H31FN6O4/c34-26-11-6-10-24(20-26)22-36-39-32(42)33(21-23-8-2-1-3-9-23)30(28-12-4-5-13-29(28)38-40-35)44-31(37-33)25-14-16-27(17-15-25)43-19-7-18-41/h1-6,8-17,20,30,36,41H,7,18-19,21-22H2,(H,39,42)/t30-,33-/m0/s1. The molecule has 1 aliphatic heterocycles. The first-order valence-corrected chi connectivity index (χ1v) is 14.1. The fraction of sp³-hybridized carbons (Fsp3) is 0.212. The lowest BCUT2D eigenvalue weighted by atomic mass is 9.81. The van der Waals surface area contributed by atoms with Gasteiger partial charge >= 0.3 is 0 Å². The fourth-order valence-corrected chi connectivity index (χ4v) is 5.00. The SMILES string of the molecule is [N-]=[N+]=Nc1ccccc1[C@@H]1OC(c2ccc(OCCCO)cc2)=N[C@]1(Cc1ccccc1)C(=O)NNCc1cccc(F)c1. The van der Waals surface area contributed by atoms with Crippen LogP contribution in [0.2, 0.25) is 0 Å². The van der Waals surface area contributed by atoms with E-state index in [1.807, 2.05) is 30.3 Å². The van der Waals surface area contributed by atoms with Gasteiger partial charge in [-0.05, 0) is 53.1 Å². The van der Waals surface area contributed by atoms with Crippen LogP contribution in [0.3, 0.4) is 0 Å². The van der Waals surface area contributed by atoms with Crippen LogP contribution in [0.4, 0.5) is 10.1 Å². The number of hydrogen-bond acceptors (Lipinski definition) is 7. The van der Waals surface area contributed by atoms with Crippen molar-refractivity contribution in [3.05, 3.63) is 142 Å². The number of aliphatic imine (C=N–C) groups is 1. The second-order valence-electron chi connectivity index (χ2n) is 10.1. The summed E-state index contributed by atoms with van der Waals surface area (Å²) in [5.41, 5.74) is 16.3. The van der Waals surface area contributed by atoms with Gasteiger partial charge in [-0.15, -0.1) is 0 Å². The zero-order valence-electron chi connectivity index (χ0n) is 23.8. The Hall–Kier alpha value is -5.22. The maximum absolute atomic E-state index is 14.3. The first kappa shape index (κ1) is 30.2. The van der Waals surface area contributed by atoms with Crippen LogP contribution in [-0.4, -0.2) is 35.7 Å². The highest BCUT2D eigenvalue weighted by molar-refractivity contribution is 6.01. The van der Waals surface area contributed by atoms with Gasteiger partial charge in [0, 0.05) is 47.7 Å². The number of halogens is 1. The Balaban J connectivity index is 1.55. The zero-order valence-corrected chi connectivity index (χ0v) is 23.8. The average molecular weight is 595 g/mol. The minimum Gasteiger partial charge on any atom is -0.494 e. The van der Waals surface area contributed by atoms with Crippen LogP contribution in [0.1, 0.15) is 34.8 Å². The van der Waals surface area contributed by atoms with Gasteiger partial charge < -0.3 is 14.6 Å². The Bertz CT molecular complexity index is 1660. The third-order valence-electron chi connectivity index (χ3n) is 7.10. The van der Waals surface area contributed by atoms with Crippen LogP contribution in [0.15, 0.2) is 113 Å². The number of carbonyl (C=O) groups is 1. The number of aliphatic hydroxyl groups excluding tert-OH is 1. The van der Waals surface area contributed by atoms with E-state index in [0.717, 1.165) is 5.56 Å². The Morgan fingerprint density at radius 2 is 1.77 bits per heavy atom. The van der Waals surface area contributed by atoms with Gasteiger partial charge in [-0.25, -0.2) is 14.8 Å². The Morgan fingerprint density at radius 1 is 1.02 bits per heavy atom. The normalized spacial score (nSPS) is 17.2. The first-order valence-electron chi connectivity index (χ1n) is 14.1. The van der Waals surface area contributed by atoms with Gasteiger partial charge in [0.2, 0.25) is 5.90 Å². The van der Waals surface area contributed by atoms with Crippen LogP contribution < -0.4 is 15.6 Å². The second-order valence-corrected chi connectivity index (χ2v) is 10.1. The highest BCUT2D eigenvalue weighted by Gasteiger charge is 2.54. The van der Waals surface area contributed by atoms with Gasteiger partial charge in [0.05, 0.1) is 6.61 Å². The monoisotopic (exact) mass is 594 g/mol. The first-order chi connectivity index (χ1) is 21.5. The minimum absolute atomic E-state index is 0.0318. The zero-order chi connectivity index (χ0) is 30.8. The number of benzene rings is 4. The van der Waals surface area contributed by atoms with Gasteiger partial charge in [-0.3, -0.25) is 10.2 Å². The van der Waals surface area contributed by atoms with Gasteiger partial charge in [0.25, 0.3) is 5.91 Å². The molecule has 44 heavy (non-hydrogen) atoms. The highest BCUT2D eigenvalue weighted by Crippen LogP contribution is 2.45. The summed E-state index contributed by atoms with van der Waals surface area (Å²) in [6, 6.07) is 29.5. The van der Waals surface area contributed by atoms with E-state index in [0.29, 0.717) is 41.2 Å². The lowest BCUT2D eigenvalue weighted by Crippen LogP contribution is -2.53. The molecule has 4 aromatic rings. The molecule has 0 aromatic heterocycles. The minimum atomic E-state index is -1.54. The van der Waals surface area contributed by atoms with E-state index in [1.165, 1.54) is 12.1 Å². The molecule has 0 saturated heterocycles. The van der Waals surface area contributed by atoms with Crippen molar-refractivity contribution in [3.8, 4) is 5.75 Å². The molecule has 0 fully saturated rings. The molecule has 4 aromatic carbocycles. The molecule has 11 heteroatoms. The molecule has 5 rings (SSSR count). The molecule has 0 bridgehead atoms. The summed E-state index contributed by atoms with van der Waals surface area (Å²) in [5, 5.41) is 12.9. The quantitative estimate of drug-likeness (QED) is 0.0586. The summed E-state index contributed by atoms with van der Waals surface area (Å²) >= 11 is 0. The van der Waals surface area contributed by atoms with E-state index in [4.69, 9.17) is 19.6 Å². The predicted octanol–water partition coefficient (Wildman–Crippen LogP) is 5.85. The largest absolute Gasteiger partial charge is 0.494 e. The number of hydrogen-bond donors (Lipinski definition) is 3. The lowest BCUT2D eigenvalue weighted by molar-refractivity contribution is -0.130. The summed E-state index contributed by atoms with van der Waals surface area (Å²) in [7, 11) is 0. The van der Waals surface area contributed by atoms with Crippen molar-refractivity contribution in [3.63, 3.8) is 0 Å². The summed E-state index contributed by atoms with van der Waals surface area (Å²) in [4.78, 5) is 22.2. The van der Waals surface area contributed by atoms with Crippen molar-refractivity contribution in [2.75, 3.05) is 13.2 Å². The summed E-state index contributed by atoms with van der Waals surface area (Å²) in [6.45, 7) is 0.568. The van der Waals surface area contributed by atoms with Crippen molar-refractivity contribution in [2.45, 2.75) is 31.0 Å². The van der Waals surface area contributed by atoms with E-state index in [-0.39, 0.29) is 31.3 Å². The van der Waals surface area contributed by atoms with Gasteiger partial charge in [-0.1, -0.05) is 71.8 Å². The molecule has 3 N–H and O–H groups in total. The molecular formula is C33H31FN6O4. The molecule has 0 unspecified atom stereocenters. The molecule has 0 radical (unpaired) electrons. The van der Waals surface area contributed by atoms with E-state index in [2.05, 4.69) is 20.9 Å². The van der Waals surface area contributed by atoms with Crippen molar-refractivity contribution in [2.24, 2.45) is 10.1 Å². The topological polar surface area (TPSA) is 141 Å². The second kappa shape index (κ2) is 14.3. The number of nitrogens with one attached hydrogen (secondary N) is 2. The van der Waals surface area contributed by atoms with Crippen LogP contribution in [0.5, 0.6) is 5.75 Å². The van der Waals surface area contributed by atoms with Crippen molar-refractivity contribution < 1.29 is 23.8 Å². The molecule has 0 saturated carbocycles. The average Bonchev–Trinajstić information content (AvgIpc) is 3.42. The van der Waals surface area contributed by atoms with Crippen molar-refractivity contribution in [1.82, 2.24) is 10.9 Å². The highest BCUT2D eigenvalue weighted by atomic mass is 19.1. The molecule has 0 spiro atoms. The Morgan fingerprint density at radius 3 is 2.52 bits per heavy atom. The number of ether oxygens (including phenoxy) is 2. The van der Waals surface area contributed by atoms with E-state index in [9.17, 15) is 14.7 Å². The number of nitrogens with zero attached hydrogens (tertiary/aromatic N) is 4. The third-order valence-corrected chi connectivity index (χ3v) is 7.10. The summed E-state index contributed by atoms with van der Waals surface area (Å²) in [6.07, 6.45) is -0.313. The van der Waals surface area contributed by atoms with Gasteiger partial charge in [-0.2, -0.15) is 0 Å². The van der Waals surface area contributed by atoms with E-state index < -0.39 is 17.6 Å². The molecule has 0 aliphatic carbocycles. The molecule has 224 valence electrons. The van der Waals surface area contributed by atoms with E-state index in [1.54, 1.807) is 60.7 Å². The molecule has 1 aliphatic rings. The molecular weight excluding hydrogens is 563 g/mol. The number of carbonyl (C=O) groups excluding carboxylic acids is 1. The number of hydrazine groups is 1. The van der Waals surface area contributed by atoms with E-state index >= 15 is 0 Å². The van der Waals surface area contributed by atoms with Crippen molar-refractivity contribution in [1.29, 1.82) is 0 Å². The summed E-state index contributed by atoms with van der Waals surface area (Å²) < 4.78 is 25.9. The van der Waals surface area contributed by atoms with Crippen molar-refractivity contribution >= 4 is 17.5 Å². The number of rotatable bonds is 13. The lowest BCUT2D eigenvalue weighted by Gasteiger charge is -2.31. The molecule has 2 atom stereocenters. The van der Waals surface area contributed by atoms with Crippen LogP contribution >= 0.6 is 0 Å². The number of aliphatic hydroxyl groups is 1. The van der Waals surface area contributed by atoms with Crippen LogP contribution in [0, 0.1) is 5.82 Å². The Kier molecular flexibility index (Phi) is 9.83. The molecule has 1 heterocycles. The maximum Gasteiger partial charge on any atom is 0.266 e. The Labute approximate surface area is 253 Å². The smallest absolute Gasteiger partial charge is 0.266 e.